The monoisotopic (exact) mass is 1560 g/mol. The number of hydrogen-bond acceptors (Lipinski definition) is 15. The van der Waals surface area contributed by atoms with Crippen molar-refractivity contribution in [2.45, 2.75) is 380 Å². The first-order valence-electron chi connectivity index (χ1n) is 42.8. The summed E-state index contributed by atoms with van der Waals surface area (Å²) in [5.41, 5.74) is 0. The summed E-state index contributed by atoms with van der Waals surface area (Å²) in [7, 11) is -9.97. The fraction of sp³-hybridized carbons (Fsp3) is 0.730. The minimum atomic E-state index is -4.99. The molecule has 0 rings (SSSR count). The normalized spacial score (nSPS) is 14.4. The number of aliphatic hydroxyl groups is 1. The molecule has 0 spiro atoms. The van der Waals surface area contributed by atoms with E-state index in [1.54, 1.807) is 0 Å². The largest absolute Gasteiger partial charge is 0.472 e. The average molecular weight is 1560 g/mol. The van der Waals surface area contributed by atoms with Gasteiger partial charge in [-0.1, -0.05) is 316 Å². The maximum Gasteiger partial charge on any atom is 0.472 e. The van der Waals surface area contributed by atoms with Crippen LogP contribution in [-0.2, 0) is 65.4 Å². The van der Waals surface area contributed by atoms with E-state index in [0.717, 1.165) is 205 Å². The summed E-state index contributed by atoms with van der Waals surface area (Å²) in [5, 5.41) is 10.7. The SMILES string of the molecule is CC/C=C\C/C=C\C/C=C\C/C=C\CCCCCCCCC(=O)OCC(COP(=O)(O)OCC(O)COP(=O)(O)OCC(COC(=O)CCCCCCCC/C=C\C/C=C\C/C=C\CCCCC)OC(=O)CCCCCCCC/C=C\C/C=C\C/C=C\CCCCC)OC(=O)CCCCCCCCCCCCC. The molecule has 19 heteroatoms. The van der Waals surface area contributed by atoms with Crippen LogP contribution in [0.3, 0.4) is 0 Å². The highest BCUT2D eigenvalue weighted by Gasteiger charge is 2.30. The van der Waals surface area contributed by atoms with Crippen molar-refractivity contribution >= 4 is 39.5 Å². The maximum atomic E-state index is 13.1. The smallest absolute Gasteiger partial charge is 0.462 e. The van der Waals surface area contributed by atoms with Crippen molar-refractivity contribution in [1.29, 1.82) is 0 Å². The average Bonchev–Trinajstić information content (AvgIpc) is 0.899. The van der Waals surface area contributed by atoms with E-state index in [0.29, 0.717) is 25.7 Å². The van der Waals surface area contributed by atoms with Gasteiger partial charge in [-0.25, -0.2) is 9.13 Å². The number of unbranched alkanes of at least 4 members (excludes halogenated alkanes) is 34. The van der Waals surface area contributed by atoms with Crippen LogP contribution in [-0.4, -0.2) is 96.7 Å². The zero-order valence-electron chi connectivity index (χ0n) is 68.2. The molecule has 108 heavy (non-hydrogen) atoms. The third kappa shape index (κ3) is 79.5. The van der Waals surface area contributed by atoms with Crippen LogP contribution in [0, 0.1) is 0 Å². The number of allylic oxidation sites excluding steroid dienone is 20. The Balaban J connectivity index is 5.36. The molecule has 17 nitrogen and oxygen atoms in total. The molecule has 0 heterocycles. The molecule has 0 aliphatic rings. The van der Waals surface area contributed by atoms with Crippen LogP contribution in [0.1, 0.15) is 362 Å². The lowest BCUT2D eigenvalue weighted by molar-refractivity contribution is -0.161. The zero-order chi connectivity index (χ0) is 78.9. The Morgan fingerprint density at radius 3 is 0.759 bits per heavy atom. The summed E-state index contributed by atoms with van der Waals surface area (Å²) in [4.78, 5) is 73.2. The van der Waals surface area contributed by atoms with E-state index in [4.69, 9.17) is 37.0 Å². The van der Waals surface area contributed by atoms with Crippen LogP contribution in [0.4, 0.5) is 0 Å². The van der Waals surface area contributed by atoms with Crippen LogP contribution >= 0.6 is 15.6 Å². The summed E-state index contributed by atoms with van der Waals surface area (Å²) < 4.78 is 68.8. The van der Waals surface area contributed by atoms with Gasteiger partial charge in [0.2, 0.25) is 0 Å². The second-order valence-corrected chi connectivity index (χ2v) is 31.3. The number of hydrogen-bond donors (Lipinski definition) is 3. The summed E-state index contributed by atoms with van der Waals surface area (Å²) >= 11 is 0. The number of esters is 4. The van der Waals surface area contributed by atoms with Gasteiger partial charge in [0.15, 0.2) is 12.2 Å². The highest BCUT2D eigenvalue weighted by atomic mass is 31.2. The molecule has 0 saturated heterocycles. The molecule has 622 valence electrons. The Labute approximate surface area is 657 Å². The summed E-state index contributed by atoms with van der Waals surface area (Å²) in [6.45, 7) is 4.71. The van der Waals surface area contributed by atoms with Gasteiger partial charge in [0.05, 0.1) is 26.4 Å². The predicted molar refractivity (Wildman–Crippen MR) is 445 cm³/mol. The maximum absolute atomic E-state index is 13.1. The van der Waals surface area contributed by atoms with Crippen molar-refractivity contribution < 1.29 is 80.2 Å². The second-order valence-electron chi connectivity index (χ2n) is 28.4. The minimum absolute atomic E-state index is 0.0762. The van der Waals surface area contributed by atoms with Gasteiger partial charge in [-0.2, -0.15) is 0 Å². The lowest BCUT2D eigenvalue weighted by Crippen LogP contribution is -2.30. The Hall–Kier alpha value is -4.54. The molecular formula is C89H154O17P2. The van der Waals surface area contributed by atoms with Gasteiger partial charge in [0.1, 0.15) is 19.3 Å². The van der Waals surface area contributed by atoms with Gasteiger partial charge < -0.3 is 33.8 Å². The van der Waals surface area contributed by atoms with E-state index in [-0.39, 0.29) is 25.7 Å². The molecule has 0 aliphatic heterocycles. The fourth-order valence-electron chi connectivity index (χ4n) is 11.4. The lowest BCUT2D eigenvalue weighted by atomic mass is 10.1. The summed E-state index contributed by atoms with van der Waals surface area (Å²) in [6.07, 6.45) is 90.1. The molecule has 0 saturated carbocycles. The van der Waals surface area contributed by atoms with Gasteiger partial charge in [-0.15, -0.1) is 0 Å². The van der Waals surface area contributed by atoms with Crippen LogP contribution in [0.2, 0.25) is 0 Å². The first-order valence-corrected chi connectivity index (χ1v) is 45.8. The van der Waals surface area contributed by atoms with Gasteiger partial charge in [0.25, 0.3) is 0 Å². The molecule has 5 atom stereocenters. The van der Waals surface area contributed by atoms with E-state index in [1.807, 2.05) is 0 Å². The molecule has 0 amide bonds. The molecule has 0 aliphatic carbocycles. The standard InChI is InChI=1S/C89H154O17P2/c1-5-9-13-17-21-25-29-32-35-38-41-44-47-50-54-57-61-65-69-73-86(91)99-79-84(105-88(93)75-71-67-63-59-53-28-24-20-16-12-8-4)81-103-107(95,96)101-77-83(90)78-102-108(97,98)104-82-85(106-89(94)76-72-68-64-60-56-52-49-46-43-40-37-34-31-27-23-19-15-11-7-3)80-100-87(92)74-70-66-62-58-55-51-48-45-42-39-36-33-30-26-22-18-14-10-6-2/h9,13,21-23,25-27,32-37,41-46,83-85,90H,5-8,10-12,14-20,24,28-31,38-40,47-82H2,1-4H3,(H,95,96)(H,97,98)/b13-9-,25-21-,26-22-,27-23-,35-32-,36-33-,37-34-,44-41-,45-42-,46-43-. The molecule has 0 bridgehead atoms. The number of carbonyl (C=O) groups excluding carboxylic acids is 4. The summed E-state index contributed by atoms with van der Waals surface area (Å²) in [6, 6.07) is 0. The lowest BCUT2D eigenvalue weighted by Gasteiger charge is -2.21. The number of rotatable bonds is 80. The molecule has 5 unspecified atom stereocenters. The number of ether oxygens (including phenoxy) is 4. The fourth-order valence-corrected chi connectivity index (χ4v) is 13.0. The molecule has 0 radical (unpaired) electrons. The highest BCUT2D eigenvalue weighted by molar-refractivity contribution is 7.47. The van der Waals surface area contributed by atoms with Gasteiger partial charge in [-0.05, 0) is 141 Å². The molecule has 0 aromatic carbocycles. The van der Waals surface area contributed by atoms with Crippen molar-refractivity contribution in [2.75, 3.05) is 39.6 Å². The van der Waals surface area contributed by atoms with Gasteiger partial charge in [-0.3, -0.25) is 37.3 Å². The highest BCUT2D eigenvalue weighted by Crippen LogP contribution is 2.45. The van der Waals surface area contributed by atoms with Gasteiger partial charge >= 0.3 is 39.5 Å². The van der Waals surface area contributed by atoms with Crippen molar-refractivity contribution in [2.24, 2.45) is 0 Å². The van der Waals surface area contributed by atoms with Gasteiger partial charge in [0, 0.05) is 25.7 Å². The Morgan fingerprint density at radius 1 is 0.269 bits per heavy atom. The number of phosphoric ester groups is 2. The van der Waals surface area contributed by atoms with Crippen molar-refractivity contribution in [3.05, 3.63) is 122 Å². The third-order valence-corrected chi connectivity index (χ3v) is 19.8. The van der Waals surface area contributed by atoms with Crippen molar-refractivity contribution in [1.82, 2.24) is 0 Å². The predicted octanol–water partition coefficient (Wildman–Crippen LogP) is 25.5. The topological polar surface area (TPSA) is 237 Å². The molecule has 0 aromatic rings. The summed E-state index contributed by atoms with van der Waals surface area (Å²) in [5.74, 6) is -2.20. The minimum Gasteiger partial charge on any atom is -0.462 e. The van der Waals surface area contributed by atoms with Crippen molar-refractivity contribution in [3.8, 4) is 0 Å². The number of carbonyl (C=O) groups is 4. The number of phosphoric acid groups is 2. The molecule has 0 fully saturated rings. The van der Waals surface area contributed by atoms with E-state index < -0.39 is 97.5 Å². The van der Waals surface area contributed by atoms with Crippen LogP contribution in [0.5, 0.6) is 0 Å². The Morgan fingerprint density at radius 2 is 0.481 bits per heavy atom. The zero-order valence-corrected chi connectivity index (χ0v) is 70.0. The number of aliphatic hydroxyl groups excluding tert-OH is 1. The second kappa shape index (κ2) is 80.5. The Kier molecular flexibility index (Phi) is 77.1. The van der Waals surface area contributed by atoms with E-state index in [1.165, 1.54) is 77.0 Å². The van der Waals surface area contributed by atoms with Crippen LogP contribution in [0.25, 0.3) is 0 Å². The Bertz CT molecular complexity index is 2520. The molecule has 0 aromatic heterocycles. The molecular weight excluding hydrogens is 1400 g/mol. The first kappa shape index (κ1) is 103. The molecule has 3 N–H and O–H groups in total. The van der Waals surface area contributed by atoms with E-state index in [2.05, 4.69) is 149 Å². The van der Waals surface area contributed by atoms with Crippen LogP contribution in [0.15, 0.2) is 122 Å². The van der Waals surface area contributed by atoms with E-state index in [9.17, 15) is 43.2 Å². The quantitative estimate of drug-likeness (QED) is 0.0169. The first-order chi connectivity index (χ1) is 52.7. The third-order valence-electron chi connectivity index (χ3n) is 17.9. The van der Waals surface area contributed by atoms with E-state index >= 15 is 0 Å². The van der Waals surface area contributed by atoms with Crippen molar-refractivity contribution in [3.63, 3.8) is 0 Å². The van der Waals surface area contributed by atoms with Crippen LogP contribution < -0.4 is 0 Å².